The van der Waals surface area contributed by atoms with Gasteiger partial charge in [0.1, 0.15) is 4.75 Å². The number of halogens is 2. The second kappa shape index (κ2) is 13.4. The van der Waals surface area contributed by atoms with Crippen LogP contribution in [-0.2, 0) is 20.9 Å². The molecule has 0 spiro atoms. The van der Waals surface area contributed by atoms with Crippen LogP contribution in [0.15, 0.2) is 83.9 Å². The lowest BCUT2D eigenvalue weighted by Gasteiger charge is -2.36. The van der Waals surface area contributed by atoms with Gasteiger partial charge in [0, 0.05) is 63.7 Å². The highest BCUT2D eigenvalue weighted by Gasteiger charge is 2.57. The normalized spacial score (nSPS) is 21.1. The molecule has 43 heavy (non-hydrogen) atoms. The largest absolute Gasteiger partial charge is 0.379 e. The van der Waals surface area contributed by atoms with Crippen molar-refractivity contribution in [1.82, 2.24) is 14.8 Å². The average Bonchev–Trinajstić information content (AvgIpc) is 3.53. The van der Waals surface area contributed by atoms with Gasteiger partial charge in [0.05, 0.1) is 25.7 Å². The number of fused-ring (bicyclic) bond motifs is 1. The van der Waals surface area contributed by atoms with Gasteiger partial charge in [-0.2, -0.15) is 0 Å². The first-order valence-corrected chi connectivity index (χ1v) is 16.4. The zero-order chi connectivity index (χ0) is 29.8. The van der Waals surface area contributed by atoms with Gasteiger partial charge in [0.2, 0.25) is 5.91 Å². The molecule has 224 valence electrons. The van der Waals surface area contributed by atoms with E-state index in [9.17, 15) is 9.59 Å². The summed E-state index contributed by atoms with van der Waals surface area (Å²) in [6, 6.07) is 22.8. The van der Waals surface area contributed by atoms with Gasteiger partial charge in [0.15, 0.2) is 5.78 Å². The molecule has 0 aliphatic carbocycles. The SMILES string of the molecule is O=C1C[C@@](Sc2ccccc2)(C(=O)CCCCN2CCOCC2)[C@H](c2c[nH]c3cc(Cl)ccc23)N1Cc1cccc(Cl)c1. The molecule has 3 heterocycles. The number of aromatic amines is 1. The van der Waals surface area contributed by atoms with Crippen LogP contribution < -0.4 is 0 Å². The van der Waals surface area contributed by atoms with Crippen molar-refractivity contribution in [2.45, 2.75) is 47.9 Å². The Kier molecular flexibility index (Phi) is 9.45. The maximum atomic E-state index is 14.6. The van der Waals surface area contributed by atoms with Crippen molar-refractivity contribution in [1.29, 1.82) is 0 Å². The average molecular weight is 637 g/mol. The zero-order valence-corrected chi connectivity index (χ0v) is 26.3. The second-order valence-corrected chi connectivity index (χ2v) is 13.6. The molecule has 3 aromatic carbocycles. The lowest BCUT2D eigenvalue weighted by Crippen LogP contribution is -2.42. The van der Waals surface area contributed by atoms with Crippen molar-refractivity contribution >= 4 is 57.6 Å². The van der Waals surface area contributed by atoms with E-state index in [2.05, 4.69) is 9.88 Å². The summed E-state index contributed by atoms with van der Waals surface area (Å²) in [5.41, 5.74) is 2.72. The zero-order valence-electron chi connectivity index (χ0n) is 23.9. The molecule has 9 heteroatoms. The smallest absolute Gasteiger partial charge is 0.225 e. The predicted octanol–water partition coefficient (Wildman–Crippen LogP) is 7.55. The predicted molar refractivity (Wildman–Crippen MR) is 174 cm³/mol. The number of unbranched alkanes of at least 4 members (excludes halogenated alkanes) is 1. The maximum absolute atomic E-state index is 14.6. The monoisotopic (exact) mass is 635 g/mol. The summed E-state index contributed by atoms with van der Waals surface area (Å²) in [6.45, 7) is 4.69. The van der Waals surface area contributed by atoms with Gasteiger partial charge in [-0.1, -0.05) is 59.6 Å². The summed E-state index contributed by atoms with van der Waals surface area (Å²) in [4.78, 5) is 37.3. The number of nitrogens with zero attached hydrogens (tertiary/aromatic N) is 2. The molecule has 2 aliphatic rings. The Balaban J connectivity index is 1.38. The lowest BCUT2D eigenvalue weighted by atomic mass is 9.86. The third kappa shape index (κ3) is 6.66. The van der Waals surface area contributed by atoms with E-state index in [0.717, 1.165) is 72.6 Å². The van der Waals surface area contributed by atoms with Crippen molar-refractivity contribution in [3.05, 3.63) is 100 Å². The first-order chi connectivity index (χ1) is 20.9. The standard InChI is InChI=1S/C34H35Cl2N3O3S/c35-25-8-6-7-24(19-25)23-39-32(41)21-34(43-27-9-2-1-3-10-27,31(40)11-4-5-14-38-15-17-42-18-16-38)33(39)29-22-37-30-20-26(36)12-13-28(29)30/h1-3,6-10,12-13,19-20,22,33,37H,4-5,11,14-18,21,23H2/t33-,34+/m0/s1. The van der Waals surface area contributed by atoms with E-state index in [1.807, 2.05) is 83.9 Å². The molecule has 2 aliphatic heterocycles. The number of hydrogen-bond acceptors (Lipinski definition) is 5. The number of carbonyl (C=O) groups excluding carboxylic acids is 2. The first kappa shape index (κ1) is 30.2. The van der Waals surface area contributed by atoms with Crippen molar-refractivity contribution in [3.63, 3.8) is 0 Å². The molecule has 6 rings (SSSR count). The molecule has 0 unspecified atom stereocenters. The third-order valence-electron chi connectivity index (χ3n) is 8.45. The summed E-state index contributed by atoms with van der Waals surface area (Å²) in [7, 11) is 0. The highest BCUT2D eigenvalue weighted by Crippen LogP contribution is 2.55. The molecule has 1 N–H and O–H groups in total. The molecular formula is C34H35Cl2N3O3S. The number of H-pyrrole nitrogens is 1. The number of hydrogen-bond donors (Lipinski definition) is 1. The van der Waals surface area contributed by atoms with Crippen LogP contribution >= 0.6 is 35.0 Å². The van der Waals surface area contributed by atoms with E-state index in [0.29, 0.717) is 23.0 Å². The lowest BCUT2D eigenvalue weighted by molar-refractivity contribution is -0.129. The van der Waals surface area contributed by atoms with Crippen LogP contribution in [0, 0.1) is 0 Å². The molecule has 0 bridgehead atoms. The van der Waals surface area contributed by atoms with Crippen molar-refractivity contribution in [2.75, 3.05) is 32.8 Å². The molecule has 1 aromatic heterocycles. The number of morpholine rings is 1. The summed E-state index contributed by atoms with van der Waals surface area (Å²) in [5, 5.41) is 2.20. The highest BCUT2D eigenvalue weighted by molar-refractivity contribution is 8.01. The topological polar surface area (TPSA) is 65.6 Å². The van der Waals surface area contributed by atoms with Crippen LogP contribution in [0.5, 0.6) is 0 Å². The van der Waals surface area contributed by atoms with Gasteiger partial charge in [-0.25, -0.2) is 0 Å². The number of amides is 1. The van der Waals surface area contributed by atoms with Crippen LogP contribution in [0.1, 0.15) is 42.9 Å². The number of aromatic nitrogens is 1. The molecule has 6 nitrogen and oxygen atoms in total. The van der Waals surface area contributed by atoms with Gasteiger partial charge < -0.3 is 14.6 Å². The minimum atomic E-state index is -1.01. The molecule has 2 saturated heterocycles. The van der Waals surface area contributed by atoms with Gasteiger partial charge in [-0.3, -0.25) is 14.5 Å². The number of rotatable bonds is 11. The van der Waals surface area contributed by atoms with Gasteiger partial charge in [-0.05, 0) is 61.3 Å². The third-order valence-corrected chi connectivity index (χ3v) is 10.4. The van der Waals surface area contributed by atoms with E-state index in [1.54, 1.807) is 0 Å². The molecule has 4 aromatic rings. The number of carbonyl (C=O) groups is 2. The minimum Gasteiger partial charge on any atom is -0.379 e. The Morgan fingerprint density at radius 1 is 0.977 bits per heavy atom. The fourth-order valence-corrected chi connectivity index (χ4v) is 8.23. The summed E-state index contributed by atoms with van der Waals surface area (Å²) >= 11 is 14.2. The van der Waals surface area contributed by atoms with E-state index in [1.165, 1.54) is 11.8 Å². The fourth-order valence-electron chi connectivity index (χ4n) is 6.35. The highest BCUT2D eigenvalue weighted by atomic mass is 35.5. The Morgan fingerprint density at radius 3 is 2.56 bits per heavy atom. The van der Waals surface area contributed by atoms with E-state index >= 15 is 0 Å². The van der Waals surface area contributed by atoms with Crippen LogP contribution in [-0.4, -0.2) is 64.1 Å². The first-order valence-electron chi connectivity index (χ1n) is 14.8. The maximum Gasteiger partial charge on any atom is 0.225 e. The molecule has 0 radical (unpaired) electrons. The summed E-state index contributed by atoms with van der Waals surface area (Å²) < 4.78 is 4.47. The van der Waals surface area contributed by atoms with Crippen molar-refractivity contribution < 1.29 is 14.3 Å². The van der Waals surface area contributed by atoms with Gasteiger partial charge in [0.25, 0.3) is 0 Å². The van der Waals surface area contributed by atoms with Gasteiger partial charge in [-0.15, -0.1) is 11.8 Å². The Morgan fingerprint density at radius 2 is 1.77 bits per heavy atom. The molecule has 2 fully saturated rings. The number of ketones is 1. The van der Waals surface area contributed by atoms with E-state index in [-0.39, 0.29) is 18.1 Å². The number of Topliss-reactive ketones (excluding diaryl/α,β-unsaturated/α-hetero) is 1. The Bertz CT molecular complexity index is 1590. The quantitative estimate of drug-likeness (QED) is 0.172. The molecule has 0 saturated carbocycles. The Hall–Kier alpha value is -2.81. The molecule has 2 atom stereocenters. The van der Waals surface area contributed by atoms with E-state index < -0.39 is 10.8 Å². The number of nitrogens with one attached hydrogen (secondary N) is 1. The van der Waals surface area contributed by atoms with Crippen molar-refractivity contribution in [3.8, 4) is 0 Å². The summed E-state index contributed by atoms with van der Waals surface area (Å²) in [5.74, 6) is 0.0666. The Labute approximate surface area is 266 Å². The van der Waals surface area contributed by atoms with Gasteiger partial charge >= 0.3 is 0 Å². The fraction of sp³-hybridized carbons (Fsp3) is 0.353. The second-order valence-electron chi connectivity index (χ2n) is 11.3. The van der Waals surface area contributed by atoms with Crippen LogP contribution in [0.25, 0.3) is 10.9 Å². The number of benzene rings is 3. The number of thioether (sulfide) groups is 1. The number of likely N-dealkylation sites (tertiary alicyclic amines) is 1. The van der Waals surface area contributed by atoms with Crippen LogP contribution in [0.2, 0.25) is 10.0 Å². The summed E-state index contributed by atoms with van der Waals surface area (Å²) in [6.07, 6.45) is 4.18. The van der Waals surface area contributed by atoms with Crippen molar-refractivity contribution in [2.24, 2.45) is 0 Å². The molecule has 1 amide bonds. The molecular weight excluding hydrogens is 601 g/mol. The number of ether oxygens (including phenoxy) is 1. The van der Waals surface area contributed by atoms with E-state index in [4.69, 9.17) is 27.9 Å². The minimum absolute atomic E-state index is 0.0432. The van der Waals surface area contributed by atoms with Crippen LogP contribution in [0.4, 0.5) is 0 Å². The van der Waals surface area contributed by atoms with Crippen LogP contribution in [0.3, 0.4) is 0 Å².